The summed E-state index contributed by atoms with van der Waals surface area (Å²) in [6.07, 6.45) is 1.65. The average molecular weight is 488 g/mol. The third-order valence-corrected chi connectivity index (χ3v) is 5.82. The topological polar surface area (TPSA) is 134 Å². The minimum absolute atomic E-state index is 0.133. The summed E-state index contributed by atoms with van der Waals surface area (Å²) in [4.78, 5) is 47.6. The largest absolute Gasteiger partial charge is 0.506 e. The van der Waals surface area contributed by atoms with Crippen molar-refractivity contribution < 1.29 is 24.2 Å². The van der Waals surface area contributed by atoms with E-state index in [1.165, 1.54) is 13.2 Å². The highest BCUT2D eigenvalue weighted by molar-refractivity contribution is 7.17. The van der Waals surface area contributed by atoms with Crippen LogP contribution in [-0.2, 0) is 16.0 Å². The van der Waals surface area contributed by atoms with Crippen LogP contribution in [-0.4, -0.2) is 63.5 Å². The zero-order valence-corrected chi connectivity index (χ0v) is 20.7. The Hall–Kier alpha value is -3.47. The van der Waals surface area contributed by atoms with Gasteiger partial charge in [0.1, 0.15) is 23.7 Å². The number of ketones is 1. The fraction of sp³-hybridized carbons (Fsp3) is 0.435. The van der Waals surface area contributed by atoms with Gasteiger partial charge in [0, 0.05) is 30.9 Å². The predicted molar refractivity (Wildman–Crippen MR) is 130 cm³/mol. The summed E-state index contributed by atoms with van der Waals surface area (Å²) in [6.45, 7) is 7.68. The molecule has 2 heterocycles. The maximum absolute atomic E-state index is 12.9. The smallest absolute Gasteiger partial charge is 0.410 e. The summed E-state index contributed by atoms with van der Waals surface area (Å²) in [5, 5.41) is 16.8. The molecule has 0 saturated heterocycles. The van der Waals surface area contributed by atoms with Crippen molar-refractivity contribution >= 4 is 45.8 Å². The summed E-state index contributed by atoms with van der Waals surface area (Å²) >= 11 is 1.08. The lowest BCUT2D eigenvalue weighted by Gasteiger charge is -2.24. The normalized spacial score (nSPS) is 13.2. The van der Waals surface area contributed by atoms with E-state index in [1.807, 2.05) is 6.92 Å². The number of aromatic nitrogens is 2. The molecule has 34 heavy (non-hydrogen) atoms. The molecule has 0 atom stereocenters. The number of anilines is 2. The van der Waals surface area contributed by atoms with Gasteiger partial charge >= 0.3 is 6.09 Å². The van der Waals surface area contributed by atoms with Gasteiger partial charge in [0.2, 0.25) is 5.91 Å². The van der Waals surface area contributed by atoms with Crippen molar-refractivity contribution in [3.05, 3.63) is 40.0 Å². The number of Topliss-reactive ketones (excluding diaryl/α,β-unsaturated/α-hetero) is 1. The van der Waals surface area contributed by atoms with Crippen LogP contribution in [0.25, 0.3) is 5.76 Å². The van der Waals surface area contributed by atoms with E-state index in [2.05, 4.69) is 20.6 Å². The SMILES string of the molecule is CCNc1ccc(C(=O)C2=C(O)c3sc(NC(=O)CN(C)C(=O)OC(C)(C)C)nc3CC2)cn1. The molecular weight excluding hydrogens is 458 g/mol. The fourth-order valence-corrected chi connectivity index (χ4v) is 4.25. The number of aryl methyl sites for hydroxylation is 1. The molecule has 2 aromatic heterocycles. The van der Waals surface area contributed by atoms with E-state index in [1.54, 1.807) is 32.9 Å². The Bertz CT molecular complexity index is 1120. The number of hydrogen-bond donors (Lipinski definition) is 3. The van der Waals surface area contributed by atoms with Gasteiger partial charge < -0.3 is 25.4 Å². The van der Waals surface area contributed by atoms with Gasteiger partial charge in [0.25, 0.3) is 0 Å². The van der Waals surface area contributed by atoms with Crippen molar-refractivity contribution in [2.45, 2.75) is 46.1 Å². The lowest BCUT2D eigenvalue weighted by Crippen LogP contribution is -2.38. The number of rotatable bonds is 7. The number of allylic oxidation sites excluding steroid dienone is 1. The summed E-state index contributed by atoms with van der Waals surface area (Å²) in [6, 6.07) is 3.39. The number of nitrogens with zero attached hydrogens (tertiary/aromatic N) is 3. The van der Waals surface area contributed by atoms with E-state index in [0.717, 1.165) is 22.8 Å². The van der Waals surface area contributed by atoms with Gasteiger partial charge in [-0.15, -0.1) is 0 Å². The van der Waals surface area contributed by atoms with Gasteiger partial charge in [-0.3, -0.25) is 9.59 Å². The molecule has 0 bridgehead atoms. The molecule has 1 aliphatic rings. The van der Waals surface area contributed by atoms with E-state index in [0.29, 0.717) is 34.8 Å². The number of aliphatic hydroxyl groups excluding tert-OH is 1. The van der Waals surface area contributed by atoms with E-state index >= 15 is 0 Å². The maximum Gasteiger partial charge on any atom is 0.410 e. The van der Waals surface area contributed by atoms with E-state index < -0.39 is 17.6 Å². The van der Waals surface area contributed by atoms with Crippen molar-refractivity contribution in [2.24, 2.45) is 0 Å². The number of amides is 2. The van der Waals surface area contributed by atoms with Gasteiger partial charge in [-0.05, 0) is 52.7 Å². The number of hydrogen-bond acceptors (Lipinski definition) is 9. The molecule has 11 heteroatoms. The predicted octanol–water partition coefficient (Wildman–Crippen LogP) is 3.87. The minimum atomic E-state index is -0.667. The molecule has 0 spiro atoms. The quantitative estimate of drug-likeness (QED) is 0.501. The third kappa shape index (κ3) is 6.10. The Labute approximate surface area is 202 Å². The molecule has 0 aromatic carbocycles. The van der Waals surface area contributed by atoms with Crippen LogP contribution in [0.4, 0.5) is 15.7 Å². The molecule has 0 aliphatic heterocycles. The summed E-state index contributed by atoms with van der Waals surface area (Å²) in [7, 11) is 1.46. The molecule has 2 amide bonds. The third-order valence-electron chi connectivity index (χ3n) is 4.80. The number of carbonyl (C=O) groups excluding carboxylic acids is 3. The van der Waals surface area contributed by atoms with Crippen molar-refractivity contribution in [1.29, 1.82) is 0 Å². The molecular formula is C23H29N5O5S. The van der Waals surface area contributed by atoms with Gasteiger partial charge in [-0.2, -0.15) is 0 Å². The second-order valence-electron chi connectivity index (χ2n) is 8.80. The molecule has 0 unspecified atom stereocenters. The molecule has 3 rings (SSSR count). The van der Waals surface area contributed by atoms with E-state index in [-0.39, 0.29) is 28.8 Å². The van der Waals surface area contributed by atoms with Crippen molar-refractivity contribution in [1.82, 2.24) is 14.9 Å². The number of likely N-dealkylation sites (N-methyl/N-ethyl adjacent to an activating group) is 1. The minimum Gasteiger partial charge on any atom is -0.506 e. The highest BCUT2D eigenvalue weighted by atomic mass is 32.1. The number of pyridine rings is 1. The van der Waals surface area contributed by atoms with Gasteiger partial charge in [-0.1, -0.05) is 11.3 Å². The highest BCUT2D eigenvalue weighted by Crippen LogP contribution is 2.37. The Kier molecular flexibility index (Phi) is 7.55. The monoisotopic (exact) mass is 487 g/mol. The molecule has 0 saturated carbocycles. The zero-order valence-electron chi connectivity index (χ0n) is 19.9. The maximum atomic E-state index is 12.9. The van der Waals surface area contributed by atoms with Crippen LogP contribution < -0.4 is 10.6 Å². The second kappa shape index (κ2) is 10.2. The number of fused-ring (bicyclic) bond motifs is 1. The molecule has 182 valence electrons. The Balaban J connectivity index is 1.69. The summed E-state index contributed by atoms with van der Waals surface area (Å²) in [5.41, 5.74) is 0.613. The molecule has 0 radical (unpaired) electrons. The van der Waals surface area contributed by atoms with E-state index in [9.17, 15) is 19.5 Å². The molecule has 10 nitrogen and oxygen atoms in total. The number of nitrogens with one attached hydrogen (secondary N) is 2. The van der Waals surface area contributed by atoms with Crippen LogP contribution in [0.2, 0.25) is 0 Å². The first kappa shape index (κ1) is 25.2. The first-order valence-electron chi connectivity index (χ1n) is 10.9. The number of ether oxygens (including phenoxy) is 1. The van der Waals surface area contributed by atoms with Crippen LogP contribution >= 0.6 is 11.3 Å². The Morgan fingerprint density at radius 1 is 1.24 bits per heavy atom. The van der Waals surface area contributed by atoms with Crippen molar-refractivity contribution in [3.63, 3.8) is 0 Å². The first-order chi connectivity index (χ1) is 16.0. The standard InChI is InChI=1S/C23H29N5O5S/c1-6-24-16-10-7-13(11-25-16)18(30)14-8-9-15-20(19(14)31)34-21(26-15)27-17(29)12-28(5)22(32)33-23(2,3)4/h7,10-11,31H,6,8-9,12H2,1-5H3,(H,24,25)(H,26,27,29). The summed E-state index contributed by atoms with van der Waals surface area (Å²) < 4.78 is 5.24. The Morgan fingerprint density at radius 2 is 1.97 bits per heavy atom. The van der Waals surface area contributed by atoms with Gasteiger partial charge in [0.15, 0.2) is 10.9 Å². The molecule has 2 aromatic rings. The van der Waals surface area contributed by atoms with Crippen LogP contribution in [0.5, 0.6) is 0 Å². The lowest BCUT2D eigenvalue weighted by molar-refractivity contribution is -0.117. The zero-order chi connectivity index (χ0) is 25.0. The van der Waals surface area contributed by atoms with Crippen LogP contribution in [0.15, 0.2) is 23.9 Å². The van der Waals surface area contributed by atoms with E-state index in [4.69, 9.17) is 4.74 Å². The molecule has 0 fully saturated rings. The van der Waals surface area contributed by atoms with Crippen LogP contribution in [0.3, 0.4) is 0 Å². The van der Waals surface area contributed by atoms with Crippen LogP contribution in [0.1, 0.15) is 55.0 Å². The summed E-state index contributed by atoms with van der Waals surface area (Å²) in [5.74, 6) is -0.211. The van der Waals surface area contributed by atoms with Crippen LogP contribution in [0, 0.1) is 0 Å². The number of carbonyl (C=O) groups is 3. The number of thiazole rings is 1. The Morgan fingerprint density at radius 3 is 2.59 bits per heavy atom. The van der Waals surface area contributed by atoms with Gasteiger partial charge in [0.05, 0.1) is 10.6 Å². The highest BCUT2D eigenvalue weighted by Gasteiger charge is 2.28. The second-order valence-corrected chi connectivity index (χ2v) is 9.80. The lowest BCUT2D eigenvalue weighted by atomic mass is 9.93. The molecule has 1 aliphatic carbocycles. The van der Waals surface area contributed by atoms with Crippen molar-refractivity contribution in [2.75, 3.05) is 30.8 Å². The first-order valence-corrected chi connectivity index (χ1v) is 11.7. The van der Waals surface area contributed by atoms with Gasteiger partial charge in [-0.25, -0.2) is 14.8 Å². The number of aliphatic hydroxyl groups is 1. The average Bonchev–Trinajstić information content (AvgIpc) is 3.16. The fourth-order valence-electron chi connectivity index (χ4n) is 3.25. The van der Waals surface area contributed by atoms with Crippen molar-refractivity contribution in [3.8, 4) is 0 Å². The molecule has 3 N–H and O–H groups in total.